The molecule has 5 heteroatoms. The van der Waals surface area contributed by atoms with Crippen molar-refractivity contribution in [1.29, 1.82) is 0 Å². The van der Waals surface area contributed by atoms with E-state index in [9.17, 15) is 4.79 Å². The van der Waals surface area contributed by atoms with Crippen molar-refractivity contribution >= 4 is 5.91 Å². The predicted molar refractivity (Wildman–Crippen MR) is 88.0 cm³/mol. The number of amides is 1. The molecule has 1 amide bonds. The van der Waals surface area contributed by atoms with E-state index in [1.165, 1.54) is 10.5 Å². The van der Waals surface area contributed by atoms with E-state index in [4.69, 9.17) is 9.47 Å². The van der Waals surface area contributed by atoms with Gasteiger partial charge in [-0.3, -0.25) is 4.79 Å². The number of quaternary nitrogens is 1. The summed E-state index contributed by atoms with van der Waals surface area (Å²) in [4.78, 5) is 15.4. The minimum absolute atomic E-state index is 0.0199. The molecule has 1 saturated heterocycles. The number of nitrogens with one attached hydrogen (secondary N) is 1. The summed E-state index contributed by atoms with van der Waals surface area (Å²) in [5.41, 5.74) is 1.25. The van der Waals surface area contributed by atoms with Crippen molar-refractivity contribution in [3.05, 3.63) is 23.8 Å². The van der Waals surface area contributed by atoms with Crippen LogP contribution in [0, 0.1) is 0 Å². The summed E-state index contributed by atoms with van der Waals surface area (Å²) in [6, 6.07) is 6.60. The van der Waals surface area contributed by atoms with E-state index in [1.54, 1.807) is 4.90 Å². The maximum Gasteiger partial charge on any atom is 0.280 e. The average molecular weight is 319 g/mol. The first-order valence-corrected chi connectivity index (χ1v) is 8.54. The number of rotatable bonds is 3. The molecule has 23 heavy (non-hydrogen) atoms. The second-order valence-electron chi connectivity index (χ2n) is 6.73. The fraction of sp³-hybridized carbons (Fsp3) is 0.611. The molecule has 2 heterocycles. The van der Waals surface area contributed by atoms with E-state index in [1.807, 2.05) is 27.1 Å². The van der Waals surface area contributed by atoms with Gasteiger partial charge in [-0.2, -0.15) is 0 Å². The summed E-state index contributed by atoms with van der Waals surface area (Å²) in [7, 11) is 3.66. The number of hydrogen-bond donors (Lipinski definition) is 1. The Morgan fingerprint density at radius 1 is 1.22 bits per heavy atom. The molecule has 0 spiro atoms. The van der Waals surface area contributed by atoms with E-state index in [2.05, 4.69) is 12.1 Å². The SMILES string of the molecule is C[C@@H](C(=O)N(C)C)[NH+]1CCC[C@@H]1c1ccc2c(c1)OCCCO2. The first kappa shape index (κ1) is 16.1. The average Bonchev–Trinajstić information content (AvgIpc) is 2.91. The molecule has 0 aliphatic carbocycles. The van der Waals surface area contributed by atoms with Crippen LogP contribution in [0.3, 0.4) is 0 Å². The smallest absolute Gasteiger partial charge is 0.280 e. The van der Waals surface area contributed by atoms with E-state index >= 15 is 0 Å². The van der Waals surface area contributed by atoms with Gasteiger partial charge in [0.1, 0.15) is 6.04 Å². The van der Waals surface area contributed by atoms with Crippen LogP contribution < -0.4 is 14.4 Å². The van der Waals surface area contributed by atoms with Crippen molar-refractivity contribution < 1.29 is 19.2 Å². The Kier molecular flexibility index (Phi) is 4.76. The molecule has 2 aliphatic heterocycles. The molecule has 1 fully saturated rings. The molecule has 126 valence electrons. The lowest BCUT2D eigenvalue weighted by atomic mass is 10.0. The minimum atomic E-state index is -0.0199. The third kappa shape index (κ3) is 3.29. The molecule has 3 atom stereocenters. The molecule has 1 aromatic rings. The molecule has 0 radical (unpaired) electrons. The molecular weight excluding hydrogens is 292 g/mol. The van der Waals surface area contributed by atoms with Crippen molar-refractivity contribution in [2.45, 2.75) is 38.3 Å². The summed E-state index contributed by atoms with van der Waals surface area (Å²) in [6.07, 6.45) is 3.18. The van der Waals surface area contributed by atoms with Crippen LogP contribution in [0.4, 0.5) is 0 Å². The summed E-state index contributed by atoms with van der Waals surface area (Å²) in [5, 5.41) is 0. The molecule has 0 aromatic heterocycles. The molecular formula is C18H27N2O3+. The molecule has 0 saturated carbocycles. The van der Waals surface area contributed by atoms with E-state index in [0.717, 1.165) is 37.3 Å². The van der Waals surface area contributed by atoms with Crippen molar-refractivity contribution in [3.63, 3.8) is 0 Å². The van der Waals surface area contributed by atoms with Gasteiger partial charge in [-0.15, -0.1) is 0 Å². The first-order valence-electron chi connectivity index (χ1n) is 8.54. The Balaban J connectivity index is 1.82. The van der Waals surface area contributed by atoms with Crippen molar-refractivity contribution in [2.24, 2.45) is 0 Å². The highest BCUT2D eigenvalue weighted by atomic mass is 16.5. The van der Waals surface area contributed by atoms with E-state index in [-0.39, 0.29) is 11.9 Å². The van der Waals surface area contributed by atoms with Crippen molar-refractivity contribution in [1.82, 2.24) is 4.90 Å². The monoisotopic (exact) mass is 319 g/mol. The minimum Gasteiger partial charge on any atom is -0.490 e. The zero-order valence-corrected chi connectivity index (χ0v) is 14.3. The summed E-state index contributed by atoms with van der Waals surface area (Å²) < 4.78 is 11.5. The Labute approximate surface area is 138 Å². The molecule has 3 rings (SSSR count). The van der Waals surface area contributed by atoms with Gasteiger partial charge in [0.05, 0.1) is 19.8 Å². The van der Waals surface area contributed by atoms with Gasteiger partial charge in [-0.25, -0.2) is 0 Å². The van der Waals surface area contributed by atoms with Gasteiger partial charge in [-0.05, 0) is 25.1 Å². The van der Waals surface area contributed by atoms with Crippen LogP contribution in [-0.2, 0) is 4.79 Å². The number of fused-ring (bicyclic) bond motifs is 1. The fourth-order valence-electron chi connectivity index (χ4n) is 3.71. The lowest BCUT2D eigenvalue weighted by Gasteiger charge is -2.29. The highest BCUT2D eigenvalue weighted by Crippen LogP contribution is 2.33. The number of carbonyl (C=O) groups excluding carboxylic acids is 1. The third-order valence-corrected chi connectivity index (χ3v) is 4.95. The number of ether oxygens (including phenoxy) is 2. The number of carbonyl (C=O) groups is 1. The maximum atomic E-state index is 12.3. The van der Waals surface area contributed by atoms with Gasteiger partial charge in [0, 0.05) is 38.9 Å². The molecule has 2 aliphatic rings. The molecule has 1 N–H and O–H groups in total. The highest BCUT2D eigenvalue weighted by Gasteiger charge is 2.38. The second kappa shape index (κ2) is 6.79. The first-order chi connectivity index (χ1) is 11.1. The fourth-order valence-corrected chi connectivity index (χ4v) is 3.71. The van der Waals surface area contributed by atoms with Gasteiger partial charge in [0.25, 0.3) is 5.91 Å². The number of nitrogens with zero attached hydrogens (tertiary/aromatic N) is 1. The standard InChI is InChI=1S/C18H26N2O3/c1-13(18(21)19(2)3)20-9-4-6-15(20)14-7-8-16-17(12-14)23-11-5-10-22-16/h7-8,12-13,15H,4-6,9-11H2,1-3H3/p+1/t13-,15+/m0/s1. The summed E-state index contributed by atoms with van der Waals surface area (Å²) >= 11 is 0. The van der Waals surface area contributed by atoms with Crippen LogP contribution in [0.15, 0.2) is 18.2 Å². The topological polar surface area (TPSA) is 43.2 Å². The Morgan fingerprint density at radius 3 is 2.70 bits per heavy atom. The predicted octanol–water partition coefficient (Wildman–Crippen LogP) is 1.04. The zero-order valence-electron chi connectivity index (χ0n) is 14.3. The van der Waals surface area contributed by atoms with Crippen molar-refractivity contribution in [2.75, 3.05) is 33.9 Å². The van der Waals surface area contributed by atoms with Gasteiger partial charge in [0.15, 0.2) is 17.5 Å². The number of likely N-dealkylation sites (N-methyl/N-ethyl adjacent to an activating group) is 1. The Bertz CT molecular complexity index is 573. The van der Waals surface area contributed by atoms with Crippen LogP contribution >= 0.6 is 0 Å². The molecule has 5 nitrogen and oxygen atoms in total. The molecule has 1 unspecified atom stereocenters. The zero-order chi connectivity index (χ0) is 16.4. The van der Waals surface area contributed by atoms with E-state index in [0.29, 0.717) is 19.3 Å². The third-order valence-electron chi connectivity index (χ3n) is 4.95. The van der Waals surface area contributed by atoms with Crippen molar-refractivity contribution in [3.8, 4) is 11.5 Å². The van der Waals surface area contributed by atoms with Crippen LogP contribution in [0.1, 0.15) is 37.8 Å². The van der Waals surface area contributed by atoms with Crippen LogP contribution in [-0.4, -0.2) is 50.7 Å². The van der Waals surface area contributed by atoms with Gasteiger partial charge in [-0.1, -0.05) is 0 Å². The summed E-state index contributed by atoms with van der Waals surface area (Å²) in [5.74, 6) is 1.88. The number of likely N-dealkylation sites (tertiary alicyclic amines) is 1. The Morgan fingerprint density at radius 2 is 1.96 bits per heavy atom. The van der Waals surface area contributed by atoms with Crippen LogP contribution in [0.2, 0.25) is 0 Å². The number of benzene rings is 1. The lowest BCUT2D eigenvalue weighted by Crippen LogP contribution is -3.15. The molecule has 0 bridgehead atoms. The second-order valence-corrected chi connectivity index (χ2v) is 6.73. The van der Waals surface area contributed by atoms with E-state index < -0.39 is 0 Å². The van der Waals surface area contributed by atoms with Crippen LogP contribution in [0.5, 0.6) is 11.5 Å². The quantitative estimate of drug-likeness (QED) is 0.905. The normalized spacial score (nSPS) is 24.8. The largest absolute Gasteiger partial charge is 0.490 e. The highest BCUT2D eigenvalue weighted by molar-refractivity contribution is 5.79. The van der Waals surface area contributed by atoms with Gasteiger partial charge in [0.2, 0.25) is 0 Å². The number of hydrogen-bond acceptors (Lipinski definition) is 3. The lowest BCUT2D eigenvalue weighted by molar-refractivity contribution is -0.932. The van der Waals surface area contributed by atoms with Gasteiger partial charge >= 0.3 is 0 Å². The van der Waals surface area contributed by atoms with Crippen LogP contribution in [0.25, 0.3) is 0 Å². The van der Waals surface area contributed by atoms with Gasteiger partial charge < -0.3 is 19.3 Å². The molecule has 1 aromatic carbocycles. The Hall–Kier alpha value is -1.75. The summed E-state index contributed by atoms with van der Waals surface area (Å²) in [6.45, 7) is 4.49. The maximum absolute atomic E-state index is 12.3.